The average molecular weight is 389 g/mol. The zero-order valence-corrected chi connectivity index (χ0v) is 15.6. The quantitative estimate of drug-likeness (QED) is 0.400. The predicted molar refractivity (Wildman–Crippen MR) is 111 cm³/mol. The van der Waals surface area contributed by atoms with Crippen molar-refractivity contribution in [2.24, 2.45) is 12.8 Å². The topological polar surface area (TPSA) is 131 Å². The van der Waals surface area contributed by atoms with Gasteiger partial charge in [0.15, 0.2) is 0 Å². The molecule has 0 spiro atoms. The molecule has 146 valence electrons. The summed E-state index contributed by atoms with van der Waals surface area (Å²) in [6.07, 6.45) is 3.63. The number of nitrogens with one attached hydrogen (secondary N) is 3. The lowest BCUT2D eigenvalue weighted by atomic mass is 10.1. The molecule has 0 aliphatic heterocycles. The van der Waals surface area contributed by atoms with Crippen LogP contribution in [0.5, 0.6) is 0 Å². The maximum Gasteiger partial charge on any atom is 0.274 e. The molecule has 0 saturated carbocycles. The van der Waals surface area contributed by atoms with Crippen LogP contribution in [0.4, 0.5) is 23.1 Å². The first-order valence-corrected chi connectivity index (χ1v) is 8.91. The smallest absolute Gasteiger partial charge is 0.274 e. The van der Waals surface area contributed by atoms with E-state index in [4.69, 9.17) is 5.73 Å². The number of benzene rings is 1. The molecule has 0 aliphatic carbocycles. The van der Waals surface area contributed by atoms with Gasteiger partial charge in [0.1, 0.15) is 17.2 Å². The number of rotatable bonds is 6. The van der Waals surface area contributed by atoms with Crippen molar-refractivity contribution in [3.63, 3.8) is 0 Å². The van der Waals surface area contributed by atoms with E-state index in [0.717, 1.165) is 16.6 Å². The van der Waals surface area contributed by atoms with Gasteiger partial charge in [0, 0.05) is 25.1 Å². The fourth-order valence-electron chi connectivity index (χ4n) is 2.95. The normalized spacial score (nSPS) is 10.8. The van der Waals surface area contributed by atoms with Gasteiger partial charge in [-0.2, -0.15) is 9.97 Å². The number of fused-ring (bicyclic) bond motifs is 1. The molecule has 1 aromatic carbocycles. The maximum absolute atomic E-state index is 12.3. The van der Waals surface area contributed by atoms with Crippen LogP contribution in [0.1, 0.15) is 5.56 Å². The molecular weight excluding hydrogens is 370 g/mol. The maximum atomic E-state index is 12.3. The number of hydrogen-bond donors (Lipinski definition) is 4. The molecule has 3 heterocycles. The van der Waals surface area contributed by atoms with Crippen molar-refractivity contribution in [1.82, 2.24) is 19.5 Å². The lowest BCUT2D eigenvalue weighted by Crippen LogP contribution is -2.19. The Balaban J connectivity index is 1.65. The molecule has 4 rings (SSSR count). The van der Waals surface area contributed by atoms with Gasteiger partial charge in [-0.1, -0.05) is 12.1 Å². The summed E-state index contributed by atoms with van der Waals surface area (Å²) in [5.74, 6) is 0.485. The summed E-state index contributed by atoms with van der Waals surface area (Å²) in [4.78, 5) is 35.4. The molecule has 3 aromatic heterocycles. The number of aryl methyl sites for hydroxylation is 1. The third-order valence-corrected chi connectivity index (χ3v) is 4.38. The molecule has 5 N–H and O–H groups in total. The Labute approximate surface area is 165 Å². The van der Waals surface area contributed by atoms with Gasteiger partial charge in [0.25, 0.3) is 5.56 Å². The number of pyridine rings is 1. The minimum Gasteiger partial charge on any atom is -0.369 e. The molecule has 0 aliphatic rings. The van der Waals surface area contributed by atoms with Crippen LogP contribution in [0, 0.1) is 0 Å². The van der Waals surface area contributed by atoms with E-state index in [2.05, 4.69) is 25.6 Å². The highest BCUT2D eigenvalue weighted by Gasteiger charge is 2.11. The number of aromatic nitrogens is 4. The summed E-state index contributed by atoms with van der Waals surface area (Å²) >= 11 is 0. The average Bonchev–Trinajstić information content (AvgIpc) is 3.15. The number of carbonyl (C=O) groups excluding carboxylic acids is 1. The summed E-state index contributed by atoms with van der Waals surface area (Å²) in [5.41, 5.74) is 7.68. The minimum absolute atomic E-state index is 0.158. The Hall–Kier alpha value is -4.14. The molecule has 0 saturated heterocycles. The van der Waals surface area contributed by atoms with Crippen molar-refractivity contribution in [2.45, 2.75) is 6.42 Å². The highest BCUT2D eigenvalue weighted by molar-refractivity contribution is 5.90. The number of anilines is 4. The predicted octanol–water partition coefficient (Wildman–Crippen LogP) is 2.17. The van der Waals surface area contributed by atoms with Crippen molar-refractivity contribution < 1.29 is 4.79 Å². The summed E-state index contributed by atoms with van der Waals surface area (Å²) in [5, 5.41) is 7.00. The lowest BCUT2D eigenvalue weighted by molar-refractivity contribution is -0.117. The first-order chi connectivity index (χ1) is 14.0. The molecule has 0 atom stereocenters. The number of nitrogens with zero attached hydrogens (tertiary/aromatic N) is 3. The van der Waals surface area contributed by atoms with Gasteiger partial charge in [-0.05, 0) is 35.9 Å². The van der Waals surface area contributed by atoms with Gasteiger partial charge >= 0.3 is 0 Å². The van der Waals surface area contributed by atoms with Gasteiger partial charge in [-0.25, -0.2) is 0 Å². The summed E-state index contributed by atoms with van der Waals surface area (Å²) in [6, 6.07) is 12.6. The number of carbonyl (C=O) groups is 1. The van der Waals surface area contributed by atoms with Crippen LogP contribution in [0.3, 0.4) is 0 Å². The van der Waals surface area contributed by atoms with Crippen molar-refractivity contribution in [3.05, 3.63) is 70.8 Å². The zero-order valence-electron chi connectivity index (χ0n) is 15.6. The van der Waals surface area contributed by atoms with Crippen molar-refractivity contribution in [3.8, 4) is 0 Å². The Morgan fingerprint density at radius 2 is 1.93 bits per heavy atom. The van der Waals surface area contributed by atoms with Gasteiger partial charge < -0.3 is 25.9 Å². The minimum atomic E-state index is -0.381. The molecule has 1 amide bonds. The van der Waals surface area contributed by atoms with Gasteiger partial charge in [0.2, 0.25) is 11.9 Å². The van der Waals surface area contributed by atoms with E-state index in [0.29, 0.717) is 23.1 Å². The number of primary amides is 1. The van der Waals surface area contributed by atoms with E-state index in [-0.39, 0.29) is 17.9 Å². The van der Waals surface area contributed by atoms with Crippen LogP contribution >= 0.6 is 0 Å². The SMILES string of the molecule is Cn1cccc(Nc2nc(Nc3ccc(CC(N)=O)cc3)nc3[nH]ccc23)c1=O. The summed E-state index contributed by atoms with van der Waals surface area (Å²) in [6.45, 7) is 0. The largest absolute Gasteiger partial charge is 0.369 e. The lowest BCUT2D eigenvalue weighted by Gasteiger charge is -2.11. The third kappa shape index (κ3) is 3.93. The molecular formula is C20H19N7O2. The van der Waals surface area contributed by atoms with Crippen molar-refractivity contribution in [2.75, 3.05) is 10.6 Å². The number of H-pyrrole nitrogens is 1. The number of nitrogens with two attached hydrogens (primary N) is 1. The second kappa shape index (κ2) is 7.47. The Morgan fingerprint density at radius 1 is 1.14 bits per heavy atom. The Kier molecular flexibility index (Phi) is 4.70. The van der Waals surface area contributed by atoms with E-state index in [1.165, 1.54) is 4.57 Å². The summed E-state index contributed by atoms with van der Waals surface area (Å²) < 4.78 is 1.49. The van der Waals surface area contributed by atoms with Crippen molar-refractivity contribution in [1.29, 1.82) is 0 Å². The number of amides is 1. The molecule has 0 radical (unpaired) electrons. The molecule has 9 nitrogen and oxygen atoms in total. The number of aromatic amines is 1. The van der Waals surface area contributed by atoms with E-state index in [1.807, 2.05) is 30.3 Å². The monoisotopic (exact) mass is 389 g/mol. The van der Waals surface area contributed by atoms with E-state index < -0.39 is 0 Å². The van der Waals surface area contributed by atoms with E-state index in [9.17, 15) is 9.59 Å². The first-order valence-electron chi connectivity index (χ1n) is 8.91. The Morgan fingerprint density at radius 3 is 2.69 bits per heavy atom. The van der Waals surface area contributed by atoms with Crippen molar-refractivity contribution >= 4 is 40.1 Å². The van der Waals surface area contributed by atoms with Crippen LogP contribution in [0.25, 0.3) is 11.0 Å². The van der Waals surface area contributed by atoms with E-state index in [1.54, 1.807) is 31.6 Å². The second-order valence-electron chi connectivity index (χ2n) is 6.56. The molecule has 9 heteroatoms. The van der Waals surface area contributed by atoms with Crippen LogP contribution in [0.15, 0.2) is 59.7 Å². The third-order valence-electron chi connectivity index (χ3n) is 4.38. The fraction of sp³-hybridized carbons (Fsp3) is 0.100. The summed E-state index contributed by atoms with van der Waals surface area (Å²) in [7, 11) is 1.69. The second-order valence-corrected chi connectivity index (χ2v) is 6.56. The molecule has 0 unspecified atom stereocenters. The molecule has 4 aromatic rings. The van der Waals surface area contributed by atoms with E-state index >= 15 is 0 Å². The highest BCUT2D eigenvalue weighted by Crippen LogP contribution is 2.25. The van der Waals surface area contributed by atoms with Crippen LogP contribution in [0.2, 0.25) is 0 Å². The van der Waals surface area contributed by atoms with Gasteiger partial charge in [0.05, 0.1) is 11.8 Å². The molecule has 0 bridgehead atoms. The van der Waals surface area contributed by atoms with Crippen LogP contribution in [-0.2, 0) is 18.3 Å². The molecule has 0 fully saturated rings. The Bertz CT molecular complexity index is 1240. The zero-order chi connectivity index (χ0) is 20.4. The van der Waals surface area contributed by atoms with Gasteiger partial charge in [-0.15, -0.1) is 0 Å². The van der Waals surface area contributed by atoms with Gasteiger partial charge in [-0.3, -0.25) is 9.59 Å². The standard InChI is InChI=1S/C20H19N7O2/c1-27-10-2-3-15(19(27)29)24-18-14-8-9-22-17(14)25-20(26-18)23-13-6-4-12(5-7-13)11-16(21)28/h2-10H,11H2,1H3,(H2,21,28)(H3,22,23,24,25,26). The van der Waals surface area contributed by atoms with Crippen LogP contribution < -0.4 is 21.9 Å². The fourth-order valence-corrected chi connectivity index (χ4v) is 2.95. The van der Waals surface area contributed by atoms with Crippen LogP contribution in [-0.4, -0.2) is 25.4 Å². The number of hydrogen-bond acceptors (Lipinski definition) is 6. The highest BCUT2D eigenvalue weighted by atomic mass is 16.1. The molecule has 29 heavy (non-hydrogen) atoms. The first kappa shape index (κ1) is 18.2.